The molecule has 0 bridgehead atoms. The molecule has 0 saturated heterocycles. The van der Waals surface area contributed by atoms with E-state index in [4.69, 9.17) is 10.5 Å². The molecule has 0 atom stereocenters. The number of nitrogen functional groups attached to an aromatic ring is 1. The van der Waals surface area contributed by atoms with Crippen LogP contribution in [0.15, 0.2) is 18.2 Å². The van der Waals surface area contributed by atoms with E-state index in [1.54, 1.807) is 11.6 Å². The molecule has 7 heteroatoms. The third-order valence-electron chi connectivity index (χ3n) is 2.58. The van der Waals surface area contributed by atoms with Crippen LogP contribution in [-0.2, 0) is 0 Å². The number of rotatable bonds is 2. The van der Waals surface area contributed by atoms with Crippen LogP contribution in [0.1, 0.15) is 5.01 Å². The van der Waals surface area contributed by atoms with Crippen molar-refractivity contribution in [3.05, 3.63) is 23.2 Å². The van der Waals surface area contributed by atoms with Crippen LogP contribution in [0.25, 0.3) is 16.3 Å². The molecule has 0 aliphatic carbocycles. The number of aromatic nitrogens is 4. The quantitative estimate of drug-likeness (QED) is 0.711. The number of nitrogens with two attached hydrogens (primary N) is 1. The van der Waals surface area contributed by atoms with Gasteiger partial charge >= 0.3 is 0 Å². The molecular formula is C11H11N5OS. The highest BCUT2D eigenvalue weighted by Crippen LogP contribution is 2.28. The predicted octanol–water partition coefficient (Wildman–Crippen LogP) is 1.75. The number of hydrogen-bond acceptors (Lipinski definition) is 6. The Bertz CT molecular complexity index is 717. The normalized spacial score (nSPS) is 11.0. The molecule has 0 spiro atoms. The van der Waals surface area contributed by atoms with Crippen molar-refractivity contribution < 1.29 is 4.74 Å². The highest BCUT2D eigenvalue weighted by Gasteiger charge is 2.13. The monoisotopic (exact) mass is 261 g/mol. The Morgan fingerprint density at radius 1 is 1.33 bits per heavy atom. The Morgan fingerprint density at radius 2 is 2.17 bits per heavy atom. The first-order chi connectivity index (χ1) is 8.69. The molecule has 3 aromatic rings. The number of aryl methyl sites for hydroxylation is 1. The summed E-state index contributed by atoms with van der Waals surface area (Å²) in [7, 11) is 1.59. The van der Waals surface area contributed by atoms with Crippen LogP contribution in [-0.4, -0.2) is 26.9 Å². The van der Waals surface area contributed by atoms with Gasteiger partial charge in [0.05, 0.1) is 12.8 Å². The molecule has 92 valence electrons. The smallest absolute Gasteiger partial charge is 0.234 e. The number of fused-ring (bicyclic) bond motifs is 1. The molecule has 0 unspecified atom stereocenters. The molecular weight excluding hydrogens is 250 g/mol. The second-order valence-corrected chi connectivity index (χ2v) is 4.96. The van der Waals surface area contributed by atoms with Crippen molar-refractivity contribution in [3.63, 3.8) is 0 Å². The van der Waals surface area contributed by atoms with Crippen LogP contribution in [0.5, 0.6) is 5.75 Å². The van der Waals surface area contributed by atoms with Gasteiger partial charge in [0.15, 0.2) is 5.82 Å². The summed E-state index contributed by atoms with van der Waals surface area (Å²) in [5, 5.41) is 13.5. The number of methoxy groups -OCH3 is 1. The van der Waals surface area contributed by atoms with Crippen LogP contribution in [0.3, 0.4) is 0 Å². The van der Waals surface area contributed by atoms with E-state index in [-0.39, 0.29) is 0 Å². The molecule has 0 amide bonds. The van der Waals surface area contributed by atoms with Gasteiger partial charge < -0.3 is 10.5 Å². The van der Waals surface area contributed by atoms with Crippen molar-refractivity contribution in [3.8, 4) is 17.1 Å². The van der Waals surface area contributed by atoms with E-state index in [1.165, 1.54) is 11.3 Å². The van der Waals surface area contributed by atoms with Crippen molar-refractivity contribution in [2.24, 2.45) is 0 Å². The first kappa shape index (κ1) is 11.0. The Hall–Kier alpha value is -2.15. The molecule has 0 aliphatic heterocycles. The van der Waals surface area contributed by atoms with Gasteiger partial charge in [-0.25, -0.2) is 0 Å². The second-order valence-electron chi connectivity index (χ2n) is 3.80. The third kappa shape index (κ3) is 1.60. The van der Waals surface area contributed by atoms with Crippen molar-refractivity contribution in [2.75, 3.05) is 12.8 Å². The zero-order valence-corrected chi connectivity index (χ0v) is 10.7. The molecule has 0 saturated carbocycles. The van der Waals surface area contributed by atoms with Gasteiger partial charge in [0.1, 0.15) is 10.8 Å². The van der Waals surface area contributed by atoms with Crippen LogP contribution in [0.2, 0.25) is 0 Å². The molecule has 0 fully saturated rings. The lowest BCUT2D eigenvalue weighted by molar-refractivity contribution is 0.417. The molecule has 1 aromatic carbocycles. The van der Waals surface area contributed by atoms with Crippen molar-refractivity contribution in [1.82, 2.24) is 19.8 Å². The standard InChI is InChI=1S/C11H11N5OS/c1-6-15-16-10(13-14-11(16)18-6)7-3-4-9(17-2)8(12)5-7/h3-5H,12H2,1-2H3. The lowest BCUT2D eigenvalue weighted by atomic mass is 10.2. The Labute approximate surface area is 107 Å². The minimum absolute atomic E-state index is 0.568. The van der Waals surface area contributed by atoms with Crippen molar-refractivity contribution in [2.45, 2.75) is 6.92 Å². The highest BCUT2D eigenvalue weighted by atomic mass is 32.1. The number of anilines is 1. The van der Waals surface area contributed by atoms with Gasteiger partial charge in [-0.1, -0.05) is 11.3 Å². The van der Waals surface area contributed by atoms with E-state index in [9.17, 15) is 0 Å². The minimum Gasteiger partial charge on any atom is -0.495 e. The lowest BCUT2D eigenvalue weighted by Gasteiger charge is -2.05. The number of ether oxygens (including phenoxy) is 1. The van der Waals surface area contributed by atoms with E-state index >= 15 is 0 Å². The van der Waals surface area contributed by atoms with Gasteiger partial charge in [-0.3, -0.25) is 0 Å². The predicted molar refractivity (Wildman–Crippen MR) is 69.8 cm³/mol. The fourth-order valence-electron chi connectivity index (χ4n) is 1.77. The zero-order valence-electron chi connectivity index (χ0n) is 9.91. The van der Waals surface area contributed by atoms with Crippen LogP contribution < -0.4 is 10.5 Å². The fourth-order valence-corrected chi connectivity index (χ4v) is 2.45. The summed E-state index contributed by atoms with van der Waals surface area (Å²) in [4.78, 5) is 0.775. The van der Waals surface area contributed by atoms with E-state index in [0.29, 0.717) is 17.3 Å². The Kier molecular flexibility index (Phi) is 2.41. The second kappa shape index (κ2) is 3.95. The number of nitrogens with zero attached hydrogens (tertiary/aromatic N) is 4. The van der Waals surface area contributed by atoms with Crippen molar-refractivity contribution in [1.29, 1.82) is 0 Å². The summed E-state index contributed by atoms with van der Waals surface area (Å²) in [6.45, 7) is 1.94. The maximum absolute atomic E-state index is 5.89. The van der Waals surface area contributed by atoms with E-state index < -0.39 is 0 Å². The summed E-state index contributed by atoms with van der Waals surface area (Å²) in [5.74, 6) is 1.33. The largest absolute Gasteiger partial charge is 0.495 e. The molecule has 2 heterocycles. The van der Waals surface area contributed by atoms with Gasteiger partial charge in [-0.15, -0.1) is 10.2 Å². The summed E-state index contributed by atoms with van der Waals surface area (Å²) in [6.07, 6.45) is 0. The summed E-state index contributed by atoms with van der Waals surface area (Å²) in [5.41, 5.74) is 7.32. The maximum atomic E-state index is 5.89. The van der Waals surface area contributed by atoms with Gasteiger partial charge in [0.25, 0.3) is 0 Å². The Morgan fingerprint density at radius 3 is 2.89 bits per heavy atom. The molecule has 2 aromatic heterocycles. The van der Waals surface area contributed by atoms with Gasteiger partial charge in [0.2, 0.25) is 4.96 Å². The average Bonchev–Trinajstić information content (AvgIpc) is 2.87. The van der Waals surface area contributed by atoms with Crippen LogP contribution in [0, 0.1) is 6.92 Å². The summed E-state index contributed by atoms with van der Waals surface area (Å²) in [6, 6.07) is 5.51. The fraction of sp³-hybridized carbons (Fsp3) is 0.182. The molecule has 0 radical (unpaired) electrons. The Balaban J connectivity index is 2.16. The van der Waals surface area contributed by atoms with E-state index in [2.05, 4.69) is 15.3 Å². The maximum Gasteiger partial charge on any atom is 0.234 e. The van der Waals surface area contributed by atoms with E-state index in [1.807, 2.05) is 25.1 Å². The minimum atomic E-state index is 0.568. The van der Waals surface area contributed by atoms with E-state index in [0.717, 1.165) is 15.5 Å². The van der Waals surface area contributed by atoms with Crippen LogP contribution >= 0.6 is 11.3 Å². The first-order valence-corrected chi connectivity index (χ1v) is 6.13. The van der Waals surface area contributed by atoms with Crippen molar-refractivity contribution >= 4 is 22.0 Å². The molecule has 0 aliphatic rings. The molecule has 3 rings (SSSR count). The highest BCUT2D eigenvalue weighted by molar-refractivity contribution is 7.16. The van der Waals surface area contributed by atoms with Gasteiger partial charge in [-0.05, 0) is 25.1 Å². The zero-order chi connectivity index (χ0) is 12.7. The molecule has 18 heavy (non-hydrogen) atoms. The number of benzene rings is 1. The van der Waals surface area contributed by atoms with Gasteiger partial charge in [0, 0.05) is 5.56 Å². The first-order valence-electron chi connectivity index (χ1n) is 5.32. The van der Waals surface area contributed by atoms with Crippen LogP contribution in [0.4, 0.5) is 5.69 Å². The van der Waals surface area contributed by atoms with Gasteiger partial charge in [-0.2, -0.15) is 9.61 Å². The summed E-state index contributed by atoms with van der Waals surface area (Å²) < 4.78 is 6.85. The lowest BCUT2D eigenvalue weighted by Crippen LogP contribution is -1.95. The third-order valence-corrected chi connectivity index (χ3v) is 3.39. The number of hydrogen-bond donors (Lipinski definition) is 1. The SMILES string of the molecule is COc1ccc(-c2nnc3sc(C)nn23)cc1N. The summed E-state index contributed by atoms with van der Waals surface area (Å²) >= 11 is 1.50. The topological polar surface area (TPSA) is 78.3 Å². The molecule has 2 N–H and O–H groups in total. The molecule has 6 nitrogen and oxygen atoms in total. The average molecular weight is 261 g/mol.